The maximum atomic E-state index is 12.9. The number of hydrogen-bond acceptors (Lipinski definition) is 3. The van der Waals surface area contributed by atoms with Gasteiger partial charge in [-0.2, -0.15) is 13.2 Å². The summed E-state index contributed by atoms with van der Waals surface area (Å²) in [5.74, 6) is -3.04. The van der Waals surface area contributed by atoms with Crippen LogP contribution in [0.4, 0.5) is 17.6 Å². The van der Waals surface area contributed by atoms with Gasteiger partial charge in [0.15, 0.2) is 12.4 Å². The maximum Gasteiger partial charge on any atom is 0.419 e. The molecular weight excluding hydrogens is 256 g/mol. The molecule has 1 aromatic carbocycles. The summed E-state index contributed by atoms with van der Waals surface area (Å²) in [4.78, 5) is 21.8. The highest BCUT2D eigenvalue weighted by Crippen LogP contribution is 2.31. The maximum absolute atomic E-state index is 12.9. The molecule has 0 fully saturated rings. The van der Waals surface area contributed by atoms with Crippen molar-refractivity contribution in [3.8, 4) is 0 Å². The molecule has 0 N–H and O–H groups in total. The second-order valence-electron chi connectivity index (χ2n) is 3.40. The van der Waals surface area contributed by atoms with E-state index >= 15 is 0 Å². The molecule has 0 spiro atoms. The topological polar surface area (TPSA) is 43.4 Å². The van der Waals surface area contributed by atoms with Gasteiger partial charge < -0.3 is 4.74 Å². The fourth-order valence-electron chi connectivity index (χ4n) is 1.17. The van der Waals surface area contributed by atoms with Gasteiger partial charge in [0.2, 0.25) is 0 Å². The van der Waals surface area contributed by atoms with E-state index in [2.05, 4.69) is 4.74 Å². The molecule has 1 rings (SSSR count). The number of carbonyl (C=O) groups excluding carboxylic acids is 2. The summed E-state index contributed by atoms with van der Waals surface area (Å²) in [6.07, 6.45) is -4.89. The summed E-state index contributed by atoms with van der Waals surface area (Å²) in [7, 11) is 0. The summed E-state index contributed by atoms with van der Waals surface area (Å²) < 4.78 is 54.4. The molecule has 0 aliphatic heterocycles. The first-order chi connectivity index (χ1) is 8.21. The second-order valence-corrected chi connectivity index (χ2v) is 3.40. The molecule has 0 saturated carbocycles. The third-order valence-corrected chi connectivity index (χ3v) is 2.00. The fourth-order valence-corrected chi connectivity index (χ4v) is 1.17. The number of ether oxygens (including phenoxy) is 1. The summed E-state index contributed by atoms with van der Waals surface area (Å²) in [6, 6.07) is 1.83. The number of esters is 1. The van der Waals surface area contributed by atoms with Gasteiger partial charge in [-0.1, -0.05) is 0 Å². The summed E-state index contributed by atoms with van der Waals surface area (Å²) in [5, 5.41) is 0. The van der Waals surface area contributed by atoms with Crippen molar-refractivity contribution in [3.05, 3.63) is 35.1 Å². The molecule has 0 atom stereocenters. The van der Waals surface area contributed by atoms with E-state index in [4.69, 9.17) is 0 Å². The van der Waals surface area contributed by atoms with E-state index < -0.39 is 35.9 Å². The molecule has 0 unspecified atom stereocenters. The van der Waals surface area contributed by atoms with E-state index in [0.29, 0.717) is 12.1 Å². The van der Waals surface area contributed by atoms with Crippen molar-refractivity contribution in [1.82, 2.24) is 0 Å². The zero-order chi connectivity index (χ0) is 13.9. The Morgan fingerprint density at radius 2 is 1.89 bits per heavy atom. The van der Waals surface area contributed by atoms with Crippen LogP contribution in [0.5, 0.6) is 0 Å². The molecule has 0 amide bonds. The van der Waals surface area contributed by atoms with Crippen molar-refractivity contribution in [2.24, 2.45) is 0 Å². The van der Waals surface area contributed by atoms with Gasteiger partial charge in [0.25, 0.3) is 0 Å². The molecule has 98 valence electrons. The van der Waals surface area contributed by atoms with Gasteiger partial charge in [0.1, 0.15) is 5.82 Å². The third-order valence-electron chi connectivity index (χ3n) is 2.00. The first-order valence-electron chi connectivity index (χ1n) is 4.75. The van der Waals surface area contributed by atoms with Crippen molar-refractivity contribution in [3.63, 3.8) is 0 Å². The molecule has 0 aromatic heterocycles. The zero-order valence-corrected chi connectivity index (χ0v) is 9.18. The molecule has 0 heterocycles. The highest BCUT2D eigenvalue weighted by molar-refractivity contribution is 5.98. The van der Waals surface area contributed by atoms with E-state index in [9.17, 15) is 27.2 Å². The minimum Gasteiger partial charge on any atom is -0.457 e. The molecule has 0 saturated heterocycles. The monoisotopic (exact) mass is 264 g/mol. The van der Waals surface area contributed by atoms with Crippen molar-refractivity contribution in [1.29, 1.82) is 0 Å². The highest BCUT2D eigenvalue weighted by Gasteiger charge is 2.34. The van der Waals surface area contributed by atoms with Gasteiger partial charge >= 0.3 is 12.1 Å². The number of rotatable bonds is 3. The first-order valence-corrected chi connectivity index (χ1v) is 4.75. The van der Waals surface area contributed by atoms with Crippen molar-refractivity contribution in [2.75, 3.05) is 6.61 Å². The number of halogens is 4. The standard InChI is InChI=1S/C11H8F4O3/c1-6(16)18-5-10(17)7-2-3-9(12)8(4-7)11(13,14)15/h2-4H,5H2,1H3. The Kier molecular flexibility index (Phi) is 4.05. The number of Topliss-reactive ketones (excluding diaryl/α,β-unsaturated/α-hetero) is 1. The lowest BCUT2D eigenvalue weighted by atomic mass is 10.1. The lowest BCUT2D eigenvalue weighted by molar-refractivity contribution is -0.141. The third kappa shape index (κ3) is 3.54. The van der Waals surface area contributed by atoms with Crippen molar-refractivity contribution < 1.29 is 31.9 Å². The van der Waals surface area contributed by atoms with Crippen LogP contribution in [0.1, 0.15) is 22.8 Å². The molecule has 3 nitrogen and oxygen atoms in total. The molecule has 0 radical (unpaired) electrons. The number of alkyl halides is 3. The van der Waals surface area contributed by atoms with Gasteiger partial charge in [0.05, 0.1) is 5.56 Å². The first kappa shape index (κ1) is 14.1. The zero-order valence-electron chi connectivity index (χ0n) is 9.18. The normalized spacial score (nSPS) is 11.2. The molecule has 18 heavy (non-hydrogen) atoms. The van der Waals surface area contributed by atoms with Crippen LogP contribution in [0, 0.1) is 5.82 Å². The Morgan fingerprint density at radius 1 is 1.28 bits per heavy atom. The minimum absolute atomic E-state index is 0.370. The van der Waals surface area contributed by atoms with Gasteiger partial charge in [-0.3, -0.25) is 9.59 Å². The van der Waals surface area contributed by atoms with E-state index in [0.717, 1.165) is 13.0 Å². The number of hydrogen-bond donors (Lipinski definition) is 0. The van der Waals surface area contributed by atoms with Crippen LogP contribution in [-0.4, -0.2) is 18.4 Å². The highest BCUT2D eigenvalue weighted by atomic mass is 19.4. The smallest absolute Gasteiger partial charge is 0.419 e. The minimum atomic E-state index is -4.89. The Hall–Kier alpha value is -1.92. The van der Waals surface area contributed by atoms with E-state index in [1.54, 1.807) is 0 Å². The number of ketones is 1. The van der Waals surface area contributed by atoms with Gasteiger partial charge in [0, 0.05) is 12.5 Å². The summed E-state index contributed by atoms with van der Waals surface area (Å²) in [5.41, 5.74) is -1.90. The fraction of sp³-hybridized carbons (Fsp3) is 0.273. The average Bonchev–Trinajstić information content (AvgIpc) is 2.24. The van der Waals surface area contributed by atoms with Crippen LogP contribution in [0.15, 0.2) is 18.2 Å². The largest absolute Gasteiger partial charge is 0.457 e. The average molecular weight is 264 g/mol. The van der Waals surface area contributed by atoms with Gasteiger partial charge in [-0.25, -0.2) is 4.39 Å². The molecule has 1 aromatic rings. The quantitative estimate of drug-likeness (QED) is 0.479. The van der Waals surface area contributed by atoms with Crippen LogP contribution < -0.4 is 0 Å². The van der Waals surface area contributed by atoms with E-state index in [1.807, 2.05) is 0 Å². The predicted octanol–water partition coefficient (Wildman–Crippen LogP) is 2.59. The van der Waals surface area contributed by atoms with Crippen LogP contribution in [0.2, 0.25) is 0 Å². The second kappa shape index (κ2) is 5.16. The summed E-state index contributed by atoms with van der Waals surface area (Å²) >= 11 is 0. The Bertz CT molecular complexity index is 480. The van der Waals surface area contributed by atoms with E-state index in [1.165, 1.54) is 0 Å². The molecule has 0 bridgehead atoms. The SMILES string of the molecule is CC(=O)OCC(=O)c1ccc(F)c(C(F)(F)F)c1. The Morgan fingerprint density at radius 3 is 2.39 bits per heavy atom. The lowest BCUT2D eigenvalue weighted by Crippen LogP contribution is -2.14. The van der Waals surface area contributed by atoms with Crippen LogP contribution in [0.25, 0.3) is 0 Å². The number of benzene rings is 1. The van der Waals surface area contributed by atoms with E-state index in [-0.39, 0.29) is 5.56 Å². The molecule has 0 aliphatic rings. The Labute approximate surface area is 99.4 Å². The summed E-state index contributed by atoms with van der Waals surface area (Å²) in [6.45, 7) is 0.372. The van der Waals surface area contributed by atoms with Crippen molar-refractivity contribution >= 4 is 11.8 Å². The molecule has 7 heteroatoms. The Balaban J connectivity index is 2.98. The van der Waals surface area contributed by atoms with Crippen LogP contribution >= 0.6 is 0 Å². The van der Waals surface area contributed by atoms with Gasteiger partial charge in [-0.05, 0) is 18.2 Å². The van der Waals surface area contributed by atoms with Crippen LogP contribution in [0.3, 0.4) is 0 Å². The van der Waals surface area contributed by atoms with Crippen LogP contribution in [-0.2, 0) is 15.7 Å². The van der Waals surface area contributed by atoms with Crippen molar-refractivity contribution in [2.45, 2.75) is 13.1 Å². The predicted molar refractivity (Wildman–Crippen MR) is 52.4 cm³/mol. The molecular formula is C11H8F4O3. The molecule has 0 aliphatic carbocycles. The lowest BCUT2D eigenvalue weighted by Gasteiger charge is -2.09. The number of carbonyl (C=O) groups is 2. The van der Waals surface area contributed by atoms with Gasteiger partial charge in [-0.15, -0.1) is 0 Å².